The Bertz CT molecular complexity index is 809. The van der Waals surface area contributed by atoms with Gasteiger partial charge in [0.1, 0.15) is 4.92 Å². The molecule has 25 heavy (non-hydrogen) atoms. The Kier molecular flexibility index (Phi) is 4.29. The molecule has 11 heteroatoms. The second-order valence-electron chi connectivity index (χ2n) is 5.31. The zero-order valence-corrected chi connectivity index (χ0v) is 12.9. The van der Waals surface area contributed by atoms with Gasteiger partial charge in [0, 0.05) is 32.2 Å². The number of furan rings is 1. The average molecular weight is 347 g/mol. The maximum Gasteiger partial charge on any atom is 0.433 e. The van der Waals surface area contributed by atoms with Gasteiger partial charge in [-0.1, -0.05) is 0 Å². The van der Waals surface area contributed by atoms with E-state index >= 15 is 0 Å². The Morgan fingerprint density at radius 1 is 1.04 bits per heavy atom. The summed E-state index contributed by atoms with van der Waals surface area (Å²) in [6.07, 6.45) is 1.42. The smallest absolute Gasteiger partial charge is 0.395 e. The number of carbonyl (C=O) groups is 1. The van der Waals surface area contributed by atoms with Crippen LogP contribution in [-0.4, -0.2) is 51.8 Å². The van der Waals surface area contributed by atoms with Gasteiger partial charge < -0.3 is 24.3 Å². The normalized spacial score (nSPS) is 14.4. The number of piperazine rings is 1. The zero-order chi connectivity index (χ0) is 18.0. The fourth-order valence-corrected chi connectivity index (χ4v) is 2.54. The maximum atomic E-state index is 12.3. The van der Waals surface area contributed by atoms with Crippen molar-refractivity contribution in [2.45, 2.75) is 0 Å². The molecule has 2 aromatic heterocycles. The van der Waals surface area contributed by atoms with Crippen LogP contribution in [0.3, 0.4) is 0 Å². The molecule has 11 nitrogen and oxygen atoms in total. The highest BCUT2D eigenvalue weighted by molar-refractivity contribution is 5.92. The van der Waals surface area contributed by atoms with Crippen molar-refractivity contribution in [2.75, 3.05) is 31.1 Å². The number of anilines is 1. The second kappa shape index (κ2) is 6.55. The molecule has 3 heterocycles. The molecule has 1 saturated heterocycles. The Balaban J connectivity index is 1.61. The third-order valence-electron chi connectivity index (χ3n) is 3.83. The monoisotopic (exact) mass is 347 g/mol. The van der Waals surface area contributed by atoms with E-state index in [9.17, 15) is 25.0 Å². The molecule has 1 fully saturated rings. The van der Waals surface area contributed by atoms with E-state index in [0.717, 1.165) is 11.8 Å². The first-order valence-corrected chi connectivity index (χ1v) is 7.34. The first kappa shape index (κ1) is 16.4. The van der Waals surface area contributed by atoms with Gasteiger partial charge in [-0.3, -0.25) is 14.9 Å². The molecule has 1 aliphatic rings. The van der Waals surface area contributed by atoms with E-state index in [2.05, 4.69) is 4.98 Å². The number of carbonyl (C=O) groups excluding carboxylic acids is 1. The molecule has 0 radical (unpaired) electrons. The summed E-state index contributed by atoms with van der Waals surface area (Å²) in [6, 6.07) is 5.37. The van der Waals surface area contributed by atoms with Crippen LogP contribution in [0, 0.1) is 20.2 Å². The first-order chi connectivity index (χ1) is 12.0. The van der Waals surface area contributed by atoms with Crippen molar-refractivity contribution in [3.63, 3.8) is 0 Å². The van der Waals surface area contributed by atoms with Crippen molar-refractivity contribution in [2.24, 2.45) is 0 Å². The largest absolute Gasteiger partial charge is 0.433 e. The van der Waals surface area contributed by atoms with Crippen molar-refractivity contribution in [3.8, 4) is 0 Å². The lowest BCUT2D eigenvalue weighted by Crippen LogP contribution is -2.48. The van der Waals surface area contributed by atoms with Crippen LogP contribution in [0.4, 0.5) is 17.4 Å². The lowest BCUT2D eigenvalue weighted by molar-refractivity contribution is -0.402. The van der Waals surface area contributed by atoms with Crippen molar-refractivity contribution >= 4 is 23.3 Å². The van der Waals surface area contributed by atoms with Gasteiger partial charge in [0.2, 0.25) is 0 Å². The SMILES string of the molecule is O=C(c1ccc([N+](=O)[O-])o1)N1CCN(c2ccc([N+](=O)[O-])nc2)CC1. The summed E-state index contributed by atoms with van der Waals surface area (Å²) in [5, 5.41) is 21.2. The van der Waals surface area contributed by atoms with E-state index < -0.39 is 21.6 Å². The Labute approximate surface area is 140 Å². The highest BCUT2D eigenvalue weighted by atomic mass is 16.6. The summed E-state index contributed by atoms with van der Waals surface area (Å²) in [4.78, 5) is 39.5. The van der Waals surface area contributed by atoms with Gasteiger partial charge in [-0.25, -0.2) is 0 Å². The minimum Gasteiger partial charge on any atom is -0.395 e. The quantitative estimate of drug-likeness (QED) is 0.599. The van der Waals surface area contributed by atoms with Crippen LogP contribution in [-0.2, 0) is 0 Å². The minimum atomic E-state index is -0.698. The number of aromatic nitrogens is 1. The van der Waals surface area contributed by atoms with Gasteiger partial charge >= 0.3 is 11.7 Å². The molecule has 1 aliphatic heterocycles. The predicted molar refractivity (Wildman–Crippen MR) is 84.4 cm³/mol. The third-order valence-corrected chi connectivity index (χ3v) is 3.83. The van der Waals surface area contributed by atoms with Crippen LogP contribution in [0.25, 0.3) is 0 Å². The van der Waals surface area contributed by atoms with E-state index in [1.54, 1.807) is 6.07 Å². The zero-order valence-electron chi connectivity index (χ0n) is 12.9. The lowest BCUT2D eigenvalue weighted by Gasteiger charge is -2.35. The fraction of sp³-hybridized carbons (Fsp3) is 0.286. The van der Waals surface area contributed by atoms with Gasteiger partial charge in [-0.05, 0) is 22.0 Å². The van der Waals surface area contributed by atoms with Crippen LogP contribution in [0.15, 0.2) is 34.9 Å². The van der Waals surface area contributed by atoms with E-state index in [1.807, 2.05) is 4.90 Å². The van der Waals surface area contributed by atoms with Crippen LogP contribution in [0.1, 0.15) is 10.6 Å². The van der Waals surface area contributed by atoms with Crippen molar-refractivity contribution < 1.29 is 19.1 Å². The standard InChI is InChI=1S/C14H13N5O6/c20-14(11-2-4-13(25-11)19(23)24)17-7-5-16(6-8-17)10-1-3-12(15-9-10)18(21)22/h1-4,9H,5-8H2. The number of pyridine rings is 1. The summed E-state index contributed by atoms with van der Waals surface area (Å²) < 4.78 is 4.93. The predicted octanol–water partition coefficient (Wildman–Crippen LogP) is 1.45. The van der Waals surface area contributed by atoms with Gasteiger partial charge in [0.15, 0.2) is 12.0 Å². The second-order valence-corrected chi connectivity index (χ2v) is 5.31. The molecule has 3 rings (SSSR count). The number of hydrogen-bond acceptors (Lipinski definition) is 8. The van der Waals surface area contributed by atoms with E-state index in [0.29, 0.717) is 26.2 Å². The maximum absolute atomic E-state index is 12.3. The van der Waals surface area contributed by atoms with Gasteiger partial charge in [-0.15, -0.1) is 0 Å². The number of rotatable bonds is 4. The summed E-state index contributed by atoms with van der Waals surface area (Å²) in [6.45, 7) is 1.80. The molecule has 0 unspecified atom stereocenters. The summed E-state index contributed by atoms with van der Waals surface area (Å²) in [5.41, 5.74) is 0.728. The summed E-state index contributed by atoms with van der Waals surface area (Å²) in [5.74, 6) is -1.18. The minimum absolute atomic E-state index is 0.0721. The summed E-state index contributed by atoms with van der Waals surface area (Å²) in [7, 11) is 0. The Morgan fingerprint density at radius 3 is 2.28 bits per heavy atom. The number of amides is 1. The molecular weight excluding hydrogens is 334 g/mol. The lowest BCUT2D eigenvalue weighted by atomic mass is 10.2. The number of nitrogens with zero attached hydrogens (tertiary/aromatic N) is 5. The average Bonchev–Trinajstić information content (AvgIpc) is 3.12. The van der Waals surface area contributed by atoms with Crippen LogP contribution in [0.5, 0.6) is 0 Å². The van der Waals surface area contributed by atoms with E-state index in [-0.39, 0.29) is 11.6 Å². The molecule has 0 spiro atoms. The topological polar surface area (TPSA) is 136 Å². The fourth-order valence-electron chi connectivity index (χ4n) is 2.54. The molecule has 1 amide bonds. The van der Waals surface area contributed by atoms with Crippen LogP contribution < -0.4 is 4.90 Å². The number of hydrogen-bond donors (Lipinski definition) is 0. The molecule has 2 aromatic rings. The van der Waals surface area contributed by atoms with Crippen molar-refractivity contribution in [1.82, 2.24) is 9.88 Å². The van der Waals surface area contributed by atoms with Crippen molar-refractivity contribution in [3.05, 3.63) is 56.5 Å². The third kappa shape index (κ3) is 3.39. The first-order valence-electron chi connectivity index (χ1n) is 7.34. The molecule has 0 atom stereocenters. The van der Waals surface area contributed by atoms with E-state index in [4.69, 9.17) is 4.42 Å². The van der Waals surface area contributed by atoms with Gasteiger partial charge in [0.25, 0.3) is 5.91 Å². The van der Waals surface area contributed by atoms with Crippen LogP contribution in [0.2, 0.25) is 0 Å². The highest BCUT2D eigenvalue weighted by Crippen LogP contribution is 2.21. The molecule has 0 bridgehead atoms. The molecule has 0 N–H and O–H groups in total. The molecular formula is C14H13N5O6. The molecule has 130 valence electrons. The highest BCUT2D eigenvalue weighted by Gasteiger charge is 2.26. The number of nitro groups is 2. The van der Waals surface area contributed by atoms with Gasteiger partial charge in [-0.2, -0.15) is 0 Å². The van der Waals surface area contributed by atoms with Crippen molar-refractivity contribution in [1.29, 1.82) is 0 Å². The molecule has 0 aliphatic carbocycles. The Morgan fingerprint density at radius 2 is 1.76 bits per heavy atom. The molecule has 0 saturated carbocycles. The Hall–Kier alpha value is -3.50. The van der Waals surface area contributed by atoms with Crippen LogP contribution >= 0.6 is 0 Å². The van der Waals surface area contributed by atoms with Gasteiger partial charge in [0.05, 0.1) is 11.8 Å². The van der Waals surface area contributed by atoms with E-state index in [1.165, 1.54) is 23.2 Å². The molecule has 0 aromatic carbocycles. The summed E-state index contributed by atoms with van der Waals surface area (Å²) >= 11 is 0.